The molecular weight excluding hydrogens is 302 g/mol. The van der Waals surface area contributed by atoms with Crippen molar-refractivity contribution in [2.24, 2.45) is 0 Å². The van der Waals surface area contributed by atoms with Crippen LogP contribution in [0.2, 0.25) is 5.02 Å². The molecule has 0 aliphatic rings. The van der Waals surface area contributed by atoms with Crippen LogP contribution in [0.25, 0.3) is 11.1 Å². The van der Waals surface area contributed by atoms with Gasteiger partial charge in [-0.25, -0.2) is 0 Å². The smallest absolute Gasteiger partial charge is 0.323 e. The predicted octanol–water partition coefficient (Wildman–Crippen LogP) is 2.85. The number of aliphatic hydroxyl groups excluding tert-OH is 1. The molecule has 3 N–H and O–H groups in total. The van der Waals surface area contributed by atoms with Gasteiger partial charge in [0.2, 0.25) is 0 Å². The average Bonchev–Trinajstić information content (AvgIpc) is 2.50. The van der Waals surface area contributed by atoms with Gasteiger partial charge in [-0.3, -0.25) is 10.1 Å². The molecule has 0 radical (unpaired) electrons. The van der Waals surface area contributed by atoms with E-state index in [-0.39, 0.29) is 0 Å². The lowest BCUT2D eigenvalue weighted by molar-refractivity contribution is -0.140. The highest BCUT2D eigenvalue weighted by atomic mass is 35.5. The van der Waals surface area contributed by atoms with Crippen LogP contribution in [-0.2, 0) is 11.3 Å². The zero-order valence-corrected chi connectivity index (χ0v) is 13.0. The van der Waals surface area contributed by atoms with E-state index in [4.69, 9.17) is 21.8 Å². The van der Waals surface area contributed by atoms with E-state index in [0.717, 1.165) is 22.3 Å². The van der Waals surface area contributed by atoms with Gasteiger partial charge in [0.1, 0.15) is 6.04 Å². The van der Waals surface area contributed by atoms with Gasteiger partial charge in [-0.2, -0.15) is 0 Å². The molecule has 0 saturated heterocycles. The molecule has 0 heterocycles. The third-order valence-corrected chi connectivity index (χ3v) is 3.87. The summed E-state index contributed by atoms with van der Waals surface area (Å²) in [6.45, 7) is 1.94. The lowest BCUT2D eigenvalue weighted by Gasteiger charge is -2.15. The SMILES string of the molecule is Cc1c(CNC(CO)C(=O)O)cccc1-c1ccc(Cl)cc1. The van der Waals surface area contributed by atoms with E-state index in [9.17, 15) is 4.79 Å². The van der Waals surface area contributed by atoms with Crippen molar-refractivity contribution in [3.63, 3.8) is 0 Å². The van der Waals surface area contributed by atoms with Gasteiger partial charge in [-0.15, -0.1) is 0 Å². The standard InChI is InChI=1S/C17H18ClNO3/c1-11-13(9-19-16(10-20)17(21)22)3-2-4-15(11)12-5-7-14(18)8-6-12/h2-8,16,19-20H,9-10H2,1H3,(H,21,22). The van der Waals surface area contributed by atoms with Gasteiger partial charge in [0.15, 0.2) is 0 Å². The van der Waals surface area contributed by atoms with Gasteiger partial charge in [-0.1, -0.05) is 41.9 Å². The first-order valence-electron chi connectivity index (χ1n) is 6.94. The number of nitrogens with one attached hydrogen (secondary N) is 1. The van der Waals surface area contributed by atoms with Crippen LogP contribution < -0.4 is 5.32 Å². The monoisotopic (exact) mass is 319 g/mol. The van der Waals surface area contributed by atoms with E-state index >= 15 is 0 Å². The number of carboxylic acids is 1. The number of aliphatic carboxylic acids is 1. The molecule has 22 heavy (non-hydrogen) atoms. The lowest BCUT2D eigenvalue weighted by Crippen LogP contribution is -2.39. The van der Waals surface area contributed by atoms with E-state index in [1.807, 2.05) is 49.4 Å². The van der Waals surface area contributed by atoms with Gasteiger partial charge >= 0.3 is 5.97 Å². The fourth-order valence-corrected chi connectivity index (χ4v) is 2.41. The predicted molar refractivity (Wildman–Crippen MR) is 87.0 cm³/mol. The Labute approximate surface area is 134 Å². The fourth-order valence-electron chi connectivity index (χ4n) is 2.28. The minimum Gasteiger partial charge on any atom is -0.480 e. The molecule has 0 fully saturated rings. The zero-order valence-electron chi connectivity index (χ0n) is 12.2. The Morgan fingerprint density at radius 2 is 1.91 bits per heavy atom. The molecule has 0 amide bonds. The highest BCUT2D eigenvalue weighted by molar-refractivity contribution is 6.30. The molecule has 0 aliphatic heterocycles. The summed E-state index contributed by atoms with van der Waals surface area (Å²) < 4.78 is 0. The Kier molecular flexibility index (Phi) is 5.55. The van der Waals surface area contributed by atoms with Crippen LogP contribution in [0, 0.1) is 6.92 Å². The largest absolute Gasteiger partial charge is 0.480 e. The van der Waals surface area contributed by atoms with E-state index in [0.29, 0.717) is 11.6 Å². The maximum absolute atomic E-state index is 10.9. The van der Waals surface area contributed by atoms with Crippen molar-refractivity contribution < 1.29 is 15.0 Å². The van der Waals surface area contributed by atoms with Crippen molar-refractivity contribution in [3.05, 3.63) is 58.6 Å². The molecule has 0 bridgehead atoms. The summed E-state index contributed by atoms with van der Waals surface area (Å²) in [5.41, 5.74) is 4.19. The van der Waals surface area contributed by atoms with Gasteiger partial charge in [0.25, 0.3) is 0 Å². The van der Waals surface area contributed by atoms with Crippen molar-refractivity contribution in [1.82, 2.24) is 5.32 Å². The van der Waals surface area contributed by atoms with E-state index in [1.165, 1.54) is 0 Å². The van der Waals surface area contributed by atoms with Crippen molar-refractivity contribution in [2.75, 3.05) is 6.61 Å². The Morgan fingerprint density at radius 3 is 2.50 bits per heavy atom. The zero-order chi connectivity index (χ0) is 16.1. The number of aliphatic hydroxyl groups is 1. The minimum absolute atomic E-state index is 0.380. The molecule has 116 valence electrons. The first-order chi connectivity index (χ1) is 10.5. The summed E-state index contributed by atoms with van der Waals surface area (Å²) in [5, 5.41) is 21.5. The summed E-state index contributed by atoms with van der Waals surface area (Å²) in [6, 6.07) is 12.5. The van der Waals surface area contributed by atoms with Crippen molar-refractivity contribution in [2.45, 2.75) is 19.5 Å². The molecule has 0 spiro atoms. The van der Waals surface area contributed by atoms with Crippen LogP contribution in [-0.4, -0.2) is 28.8 Å². The molecule has 0 aliphatic carbocycles. The number of carbonyl (C=O) groups is 1. The topological polar surface area (TPSA) is 69.6 Å². The second-order valence-corrected chi connectivity index (χ2v) is 5.49. The quantitative estimate of drug-likeness (QED) is 0.766. The van der Waals surface area contributed by atoms with Crippen LogP contribution in [0.15, 0.2) is 42.5 Å². The number of rotatable bonds is 6. The summed E-state index contributed by atoms with van der Waals surface area (Å²) in [4.78, 5) is 10.9. The summed E-state index contributed by atoms with van der Waals surface area (Å²) in [7, 11) is 0. The number of halogens is 1. The van der Waals surface area contributed by atoms with Gasteiger partial charge in [0.05, 0.1) is 6.61 Å². The van der Waals surface area contributed by atoms with E-state index in [1.54, 1.807) is 0 Å². The Bertz CT molecular complexity index is 655. The van der Waals surface area contributed by atoms with E-state index < -0.39 is 18.6 Å². The van der Waals surface area contributed by atoms with Crippen LogP contribution in [0.3, 0.4) is 0 Å². The number of benzene rings is 2. The molecule has 0 aromatic heterocycles. The maximum Gasteiger partial charge on any atom is 0.323 e. The maximum atomic E-state index is 10.9. The summed E-state index contributed by atoms with van der Waals surface area (Å²) in [6.07, 6.45) is 0. The normalized spacial score (nSPS) is 12.1. The highest BCUT2D eigenvalue weighted by Crippen LogP contribution is 2.26. The third-order valence-electron chi connectivity index (χ3n) is 3.62. The average molecular weight is 320 g/mol. The molecule has 2 aromatic rings. The Morgan fingerprint density at radius 1 is 1.23 bits per heavy atom. The van der Waals surface area contributed by atoms with Crippen molar-refractivity contribution in [1.29, 1.82) is 0 Å². The van der Waals surface area contributed by atoms with Crippen molar-refractivity contribution in [3.8, 4) is 11.1 Å². The van der Waals surface area contributed by atoms with E-state index in [2.05, 4.69) is 5.32 Å². The summed E-state index contributed by atoms with van der Waals surface area (Å²) in [5.74, 6) is -1.06. The van der Waals surface area contributed by atoms with Crippen LogP contribution in [0.1, 0.15) is 11.1 Å². The number of carboxylic acid groups (broad SMARTS) is 1. The minimum atomic E-state index is -1.06. The second kappa shape index (κ2) is 7.40. The highest BCUT2D eigenvalue weighted by Gasteiger charge is 2.15. The number of hydrogen-bond donors (Lipinski definition) is 3. The van der Waals surface area contributed by atoms with Crippen LogP contribution >= 0.6 is 11.6 Å². The summed E-state index contributed by atoms with van der Waals surface area (Å²) >= 11 is 5.91. The van der Waals surface area contributed by atoms with Crippen molar-refractivity contribution >= 4 is 17.6 Å². The third kappa shape index (κ3) is 3.85. The molecule has 2 aromatic carbocycles. The first-order valence-corrected chi connectivity index (χ1v) is 7.32. The van der Waals surface area contributed by atoms with Gasteiger partial charge in [-0.05, 0) is 41.3 Å². The molecule has 1 unspecified atom stereocenters. The first kappa shape index (κ1) is 16.5. The second-order valence-electron chi connectivity index (χ2n) is 5.05. The molecule has 4 nitrogen and oxygen atoms in total. The van der Waals surface area contributed by atoms with Crippen LogP contribution in [0.5, 0.6) is 0 Å². The van der Waals surface area contributed by atoms with Gasteiger partial charge in [0, 0.05) is 11.6 Å². The van der Waals surface area contributed by atoms with Crippen LogP contribution in [0.4, 0.5) is 0 Å². The molecule has 2 rings (SSSR count). The van der Waals surface area contributed by atoms with Gasteiger partial charge < -0.3 is 10.2 Å². The molecule has 1 atom stereocenters. The fraction of sp³-hybridized carbons (Fsp3) is 0.235. The number of hydrogen-bond acceptors (Lipinski definition) is 3. The molecular formula is C17H18ClNO3. The molecule has 5 heteroatoms. The Balaban J connectivity index is 2.22. The Hall–Kier alpha value is -1.88. The molecule has 0 saturated carbocycles. The lowest BCUT2D eigenvalue weighted by atomic mass is 9.96.